The summed E-state index contributed by atoms with van der Waals surface area (Å²) in [5, 5.41) is 0. The lowest BCUT2D eigenvalue weighted by molar-refractivity contribution is -0.143. The van der Waals surface area contributed by atoms with E-state index in [9.17, 15) is 9.18 Å². The number of benzene rings is 1. The molecule has 0 saturated heterocycles. The number of ether oxygens (including phenoxy) is 1. The predicted octanol–water partition coefficient (Wildman–Crippen LogP) is 2.96. The van der Waals surface area contributed by atoms with Crippen LogP contribution in [0, 0.1) is 5.82 Å². The van der Waals surface area contributed by atoms with Gasteiger partial charge in [0.05, 0.1) is 13.0 Å². The van der Waals surface area contributed by atoms with Crippen LogP contribution in [0.15, 0.2) is 22.7 Å². The molecule has 0 radical (unpaired) electrons. The number of hydrogen-bond donors (Lipinski definition) is 1. The zero-order chi connectivity index (χ0) is 12.1. The lowest BCUT2D eigenvalue weighted by Crippen LogP contribution is -2.17. The fourth-order valence-electron chi connectivity index (χ4n) is 1.31. The van der Waals surface area contributed by atoms with Gasteiger partial charge in [-0.2, -0.15) is 0 Å². The first kappa shape index (κ1) is 16.4. The normalized spacial score (nSPS) is 11.5. The molecule has 0 bridgehead atoms. The van der Waals surface area contributed by atoms with Crippen molar-refractivity contribution >= 4 is 34.3 Å². The van der Waals surface area contributed by atoms with Gasteiger partial charge in [-0.3, -0.25) is 4.79 Å². The number of halogens is 3. The third kappa shape index (κ3) is 5.02. The Morgan fingerprint density at radius 3 is 2.82 bits per heavy atom. The first-order valence-corrected chi connectivity index (χ1v) is 5.70. The number of carbonyl (C=O) groups excluding carboxylic acids is 1. The molecule has 0 saturated carbocycles. The van der Waals surface area contributed by atoms with Gasteiger partial charge in [-0.25, -0.2) is 4.39 Å². The second-order valence-electron chi connectivity index (χ2n) is 3.28. The van der Waals surface area contributed by atoms with Crippen molar-refractivity contribution in [2.45, 2.75) is 19.4 Å². The Kier molecular flexibility index (Phi) is 7.34. The molecule has 1 aromatic carbocycles. The van der Waals surface area contributed by atoms with Gasteiger partial charge in [-0.05, 0) is 30.7 Å². The van der Waals surface area contributed by atoms with Crippen molar-refractivity contribution < 1.29 is 13.9 Å². The predicted molar refractivity (Wildman–Crippen MR) is 69.5 cm³/mol. The monoisotopic (exact) mass is 325 g/mol. The average molecular weight is 327 g/mol. The van der Waals surface area contributed by atoms with Gasteiger partial charge >= 0.3 is 5.97 Å². The maximum atomic E-state index is 13.0. The van der Waals surface area contributed by atoms with Crippen molar-refractivity contribution in [1.29, 1.82) is 0 Å². The van der Waals surface area contributed by atoms with Crippen LogP contribution < -0.4 is 5.73 Å². The molecule has 2 N–H and O–H groups in total. The molecule has 0 aliphatic rings. The van der Waals surface area contributed by atoms with Crippen molar-refractivity contribution in [2.75, 3.05) is 6.61 Å². The van der Waals surface area contributed by atoms with E-state index in [1.807, 2.05) is 0 Å². The Bertz CT molecular complexity index is 390. The molecule has 3 nitrogen and oxygen atoms in total. The molecule has 0 amide bonds. The number of esters is 1. The van der Waals surface area contributed by atoms with E-state index in [-0.39, 0.29) is 30.6 Å². The molecule has 6 heteroatoms. The molecule has 0 spiro atoms. The topological polar surface area (TPSA) is 52.3 Å². The summed E-state index contributed by atoms with van der Waals surface area (Å²) in [6.45, 7) is 2.04. The largest absolute Gasteiger partial charge is 0.466 e. The quantitative estimate of drug-likeness (QED) is 0.866. The standard InChI is InChI=1S/C11H13BrFNO2.ClH/c1-2-16-11(15)6-10(14)8-5-7(13)3-4-9(8)12;/h3-5,10H,2,6,14H2,1H3;1H/t10-;/m0./s1. The summed E-state index contributed by atoms with van der Waals surface area (Å²) in [5.74, 6) is -0.760. The molecule has 1 aromatic rings. The van der Waals surface area contributed by atoms with Crippen LogP contribution in [0.1, 0.15) is 24.9 Å². The minimum absolute atomic E-state index is 0. The van der Waals surface area contributed by atoms with Crippen molar-refractivity contribution in [2.24, 2.45) is 5.73 Å². The number of rotatable bonds is 4. The molecule has 1 atom stereocenters. The maximum absolute atomic E-state index is 13.0. The summed E-state index contributed by atoms with van der Waals surface area (Å²) in [4.78, 5) is 11.2. The smallest absolute Gasteiger partial charge is 0.307 e. The Morgan fingerprint density at radius 1 is 1.59 bits per heavy atom. The molecule has 0 aliphatic heterocycles. The third-order valence-electron chi connectivity index (χ3n) is 2.05. The summed E-state index contributed by atoms with van der Waals surface area (Å²) >= 11 is 3.26. The molecule has 0 fully saturated rings. The van der Waals surface area contributed by atoms with Gasteiger partial charge in [0.15, 0.2) is 0 Å². The van der Waals surface area contributed by atoms with Crippen LogP contribution in [-0.2, 0) is 9.53 Å². The van der Waals surface area contributed by atoms with Crippen LogP contribution in [-0.4, -0.2) is 12.6 Å². The Labute approximate surface area is 114 Å². The minimum atomic E-state index is -0.566. The van der Waals surface area contributed by atoms with E-state index in [1.54, 1.807) is 13.0 Å². The zero-order valence-corrected chi connectivity index (χ0v) is 11.7. The Hall–Kier alpha value is -0.650. The highest BCUT2D eigenvalue weighted by Crippen LogP contribution is 2.25. The van der Waals surface area contributed by atoms with Crippen LogP contribution in [0.25, 0.3) is 0 Å². The number of nitrogens with two attached hydrogens (primary N) is 1. The van der Waals surface area contributed by atoms with E-state index in [0.717, 1.165) is 0 Å². The second-order valence-corrected chi connectivity index (χ2v) is 4.14. The number of hydrogen-bond acceptors (Lipinski definition) is 3. The highest BCUT2D eigenvalue weighted by atomic mass is 79.9. The van der Waals surface area contributed by atoms with Gasteiger partial charge in [0.1, 0.15) is 5.82 Å². The highest BCUT2D eigenvalue weighted by molar-refractivity contribution is 9.10. The summed E-state index contributed by atoms with van der Waals surface area (Å²) in [5.41, 5.74) is 6.36. The van der Waals surface area contributed by atoms with Crippen LogP contribution in [0.4, 0.5) is 4.39 Å². The molecule has 17 heavy (non-hydrogen) atoms. The Morgan fingerprint density at radius 2 is 2.24 bits per heavy atom. The minimum Gasteiger partial charge on any atom is -0.466 e. The van der Waals surface area contributed by atoms with Crippen molar-refractivity contribution in [3.05, 3.63) is 34.1 Å². The van der Waals surface area contributed by atoms with E-state index in [4.69, 9.17) is 10.5 Å². The van der Waals surface area contributed by atoms with Gasteiger partial charge in [-0.1, -0.05) is 15.9 Å². The molecule has 0 aromatic heterocycles. The molecular formula is C11H14BrClFNO2. The SMILES string of the molecule is CCOC(=O)C[C@H](N)c1cc(F)ccc1Br.Cl. The fraction of sp³-hybridized carbons (Fsp3) is 0.364. The molecule has 0 aliphatic carbocycles. The first-order valence-electron chi connectivity index (χ1n) is 4.90. The molecule has 0 unspecified atom stereocenters. The van der Waals surface area contributed by atoms with Crippen molar-refractivity contribution in [1.82, 2.24) is 0 Å². The summed E-state index contributed by atoms with van der Waals surface area (Å²) in [6.07, 6.45) is 0.0376. The van der Waals surface area contributed by atoms with E-state index < -0.39 is 6.04 Å². The molecular weight excluding hydrogens is 312 g/mol. The lowest BCUT2D eigenvalue weighted by atomic mass is 10.0. The van der Waals surface area contributed by atoms with Crippen LogP contribution in [0.3, 0.4) is 0 Å². The van der Waals surface area contributed by atoms with Crippen molar-refractivity contribution in [3.8, 4) is 0 Å². The van der Waals surface area contributed by atoms with Crippen LogP contribution in [0.2, 0.25) is 0 Å². The number of carbonyl (C=O) groups is 1. The van der Waals surface area contributed by atoms with E-state index in [1.165, 1.54) is 12.1 Å². The van der Waals surface area contributed by atoms with Gasteiger partial charge in [0, 0.05) is 10.5 Å². The molecule has 0 heterocycles. The van der Waals surface area contributed by atoms with Gasteiger partial charge in [0.2, 0.25) is 0 Å². The van der Waals surface area contributed by atoms with Gasteiger partial charge in [-0.15, -0.1) is 12.4 Å². The Balaban J connectivity index is 0.00000256. The molecule has 96 valence electrons. The lowest BCUT2D eigenvalue weighted by Gasteiger charge is -2.13. The summed E-state index contributed by atoms with van der Waals surface area (Å²) in [7, 11) is 0. The van der Waals surface area contributed by atoms with Crippen molar-refractivity contribution in [3.63, 3.8) is 0 Å². The third-order valence-corrected chi connectivity index (χ3v) is 2.77. The van der Waals surface area contributed by atoms with E-state index >= 15 is 0 Å². The first-order chi connectivity index (χ1) is 7.54. The van der Waals surface area contributed by atoms with Gasteiger partial charge < -0.3 is 10.5 Å². The highest BCUT2D eigenvalue weighted by Gasteiger charge is 2.15. The second kappa shape index (κ2) is 7.63. The average Bonchev–Trinajstić information content (AvgIpc) is 2.21. The van der Waals surface area contributed by atoms with Gasteiger partial charge in [0.25, 0.3) is 0 Å². The summed E-state index contributed by atoms with van der Waals surface area (Å²) in [6, 6.07) is 3.64. The van der Waals surface area contributed by atoms with E-state index in [0.29, 0.717) is 16.6 Å². The molecule has 1 rings (SSSR count). The van der Waals surface area contributed by atoms with Crippen LogP contribution >= 0.6 is 28.3 Å². The van der Waals surface area contributed by atoms with E-state index in [2.05, 4.69) is 15.9 Å². The fourth-order valence-corrected chi connectivity index (χ4v) is 1.85. The maximum Gasteiger partial charge on any atom is 0.307 e. The zero-order valence-electron chi connectivity index (χ0n) is 9.28. The summed E-state index contributed by atoms with van der Waals surface area (Å²) < 4.78 is 18.5. The van der Waals surface area contributed by atoms with Crippen LogP contribution in [0.5, 0.6) is 0 Å².